The van der Waals surface area contributed by atoms with Crippen LogP contribution in [0.5, 0.6) is 0 Å². The molecular weight excluding hydrogens is 455 g/mol. The molecule has 0 atom stereocenters. The molecule has 4 heterocycles. The quantitative estimate of drug-likeness (QED) is 0.310. The molecule has 5 aromatic rings. The highest BCUT2D eigenvalue weighted by molar-refractivity contribution is 6.03. The van der Waals surface area contributed by atoms with Crippen LogP contribution in [0.1, 0.15) is 11.1 Å². The lowest BCUT2D eigenvalue weighted by Gasteiger charge is -2.17. The van der Waals surface area contributed by atoms with Crippen molar-refractivity contribution in [3.63, 3.8) is 0 Å². The molecule has 4 aromatic heterocycles. The van der Waals surface area contributed by atoms with E-state index >= 15 is 0 Å². The summed E-state index contributed by atoms with van der Waals surface area (Å²) >= 11 is 0. The Labute approximate surface area is 198 Å². The minimum absolute atomic E-state index is 0.186. The second-order valence-corrected chi connectivity index (χ2v) is 7.72. The minimum atomic E-state index is -4.49. The highest BCUT2D eigenvalue weighted by Gasteiger charge is 2.31. The normalized spacial score (nSPS) is 11.4. The first kappa shape index (κ1) is 22.2. The number of nitrogens with one attached hydrogen (secondary N) is 2. The van der Waals surface area contributed by atoms with Gasteiger partial charge in [-0.3, -0.25) is 4.98 Å². The summed E-state index contributed by atoms with van der Waals surface area (Å²) in [6.07, 6.45) is 4.04. The van der Waals surface area contributed by atoms with Crippen molar-refractivity contribution in [2.45, 2.75) is 13.1 Å². The molecule has 35 heavy (non-hydrogen) atoms. The zero-order chi connectivity index (χ0) is 24.4. The molecule has 0 saturated carbocycles. The van der Waals surface area contributed by atoms with Crippen molar-refractivity contribution in [1.82, 2.24) is 24.9 Å². The summed E-state index contributed by atoms with van der Waals surface area (Å²) in [5.41, 5.74) is 2.61. The predicted octanol–water partition coefficient (Wildman–Crippen LogP) is 6.30. The first-order chi connectivity index (χ1) is 16.9. The largest absolute Gasteiger partial charge is 0.417 e. The molecule has 7 nitrogen and oxygen atoms in total. The van der Waals surface area contributed by atoms with Gasteiger partial charge in [-0.05, 0) is 42.8 Å². The number of anilines is 4. The number of aromatic nitrogens is 5. The van der Waals surface area contributed by atoms with E-state index in [1.165, 1.54) is 12.5 Å². The number of halogens is 3. The molecule has 174 valence electrons. The average Bonchev–Trinajstić information content (AvgIpc) is 2.86. The number of benzene rings is 1. The number of aryl methyl sites for hydroxylation is 1. The number of rotatable bonds is 5. The zero-order valence-electron chi connectivity index (χ0n) is 18.4. The molecule has 1 aromatic carbocycles. The van der Waals surface area contributed by atoms with Crippen molar-refractivity contribution in [2.24, 2.45) is 0 Å². The Morgan fingerprint density at radius 3 is 2.43 bits per heavy atom. The lowest BCUT2D eigenvalue weighted by molar-refractivity contribution is -0.137. The lowest BCUT2D eigenvalue weighted by Crippen LogP contribution is -2.06. The maximum Gasteiger partial charge on any atom is 0.417 e. The van der Waals surface area contributed by atoms with E-state index in [1.54, 1.807) is 24.7 Å². The number of hydrogen-bond donors (Lipinski definition) is 2. The SMILES string of the molecule is Cc1ccc2c(Nc3cncc(C(F)(F)F)c3)nccc2c1Nc1ncccc1-c1ccncn1. The zero-order valence-corrected chi connectivity index (χ0v) is 18.4. The number of pyridine rings is 3. The Bertz CT molecular complexity index is 1500. The molecule has 0 aliphatic rings. The minimum Gasteiger partial charge on any atom is -0.339 e. The fourth-order valence-electron chi connectivity index (χ4n) is 3.71. The molecule has 0 aliphatic heterocycles. The Hall–Kier alpha value is -4.60. The van der Waals surface area contributed by atoms with Crippen LogP contribution in [0, 0.1) is 6.92 Å². The van der Waals surface area contributed by atoms with Crippen LogP contribution in [0.3, 0.4) is 0 Å². The first-order valence-electron chi connectivity index (χ1n) is 10.6. The van der Waals surface area contributed by atoms with E-state index in [1.807, 2.05) is 37.3 Å². The average molecular weight is 473 g/mol. The van der Waals surface area contributed by atoms with Gasteiger partial charge >= 0.3 is 6.18 Å². The highest BCUT2D eigenvalue weighted by atomic mass is 19.4. The smallest absolute Gasteiger partial charge is 0.339 e. The molecule has 0 fully saturated rings. The van der Waals surface area contributed by atoms with Crippen molar-refractivity contribution < 1.29 is 13.2 Å². The van der Waals surface area contributed by atoms with Gasteiger partial charge in [0.15, 0.2) is 0 Å². The summed E-state index contributed by atoms with van der Waals surface area (Å²) in [5, 5.41) is 7.93. The lowest BCUT2D eigenvalue weighted by atomic mass is 10.0. The standard InChI is InChI=1S/C25H18F3N7/c1-15-4-5-19-18(6-10-32-23(19)34-17-11-16(12-30-13-17)25(26,27)28)22(15)35-24-20(3-2-8-31-24)21-7-9-29-14-33-21/h2-14H,1H3,(H,31,35)(H,32,34). The van der Waals surface area contributed by atoms with Crippen LogP contribution in [0.25, 0.3) is 22.0 Å². The van der Waals surface area contributed by atoms with Gasteiger partial charge in [0.05, 0.1) is 28.8 Å². The highest BCUT2D eigenvalue weighted by Crippen LogP contribution is 2.36. The molecule has 0 bridgehead atoms. The summed E-state index contributed by atoms with van der Waals surface area (Å²) < 4.78 is 39.3. The van der Waals surface area contributed by atoms with Crippen LogP contribution < -0.4 is 10.6 Å². The Morgan fingerprint density at radius 2 is 1.63 bits per heavy atom. The molecule has 0 radical (unpaired) electrons. The van der Waals surface area contributed by atoms with Gasteiger partial charge in [-0.1, -0.05) is 12.1 Å². The molecular formula is C25H18F3N7. The monoisotopic (exact) mass is 473 g/mol. The molecule has 0 aliphatic carbocycles. The van der Waals surface area contributed by atoms with Crippen LogP contribution in [-0.4, -0.2) is 24.9 Å². The number of fused-ring (bicyclic) bond motifs is 1. The van der Waals surface area contributed by atoms with Crippen molar-refractivity contribution in [3.8, 4) is 11.3 Å². The van der Waals surface area contributed by atoms with Crippen LogP contribution in [0.2, 0.25) is 0 Å². The molecule has 10 heteroatoms. The third kappa shape index (κ3) is 4.58. The molecule has 0 amide bonds. The fraction of sp³-hybridized carbons (Fsp3) is 0.0800. The van der Waals surface area contributed by atoms with E-state index in [4.69, 9.17) is 0 Å². The first-order valence-corrected chi connectivity index (χ1v) is 10.6. The van der Waals surface area contributed by atoms with Gasteiger partial charge in [0, 0.05) is 41.1 Å². The van der Waals surface area contributed by atoms with Crippen molar-refractivity contribution in [1.29, 1.82) is 0 Å². The van der Waals surface area contributed by atoms with Gasteiger partial charge in [-0.15, -0.1) is 0 Å². The third-order valence-electron chi connectivity index (χ3n) is 5.39. The van der Waals surface area contributed by atoms with Gasteiger partial charge in [0.1, 0.15) is 18.0 Å². The maximum absolute atomic E-state index is 13.1. The maximum atomic E-state index is 13.1. The van der Waals surface area contributed by atoms with E-state index in [9.17, 15) is 13.2 Å². The Balaban J connectivity index is 1.55. The van der Waals surface area contributed by atoms with Gasteiger partial charge in [0.2, 0.25) is 0 Å². The number of alkyl halides is 3. The van der Waals surface area contributed by atoms with Gasteiger partial charge in [-0.25, -0.2) is 19.9 Å². The van der Waals surface area contributed by atoms with E-state index in [-0.39, 0.29) is 5.69 Å². The number of hydrogen-bond acceptors (Lipinski definition) is 7. The van der Waals surface area contributed by atoms with E-state index in [0.717, 1.165) is 45.5 Å². The topological polar surface area (TPSA) is 88.5 Å². The Kier molecular flexibility index (Phi) is 5.69. The van der Waals surface area contributed by atoms with Gasteiger partial charge in [0.25, 0.3) is 0 Å². The van der Waals surface area contributed by atoms with Gasteiger partial charge in [-0.2, -0.15) is 13.2 Å². The van der Waals surface area contributed by atoms with E-state index in [0.29, 0.717) is 11.6 Å². The second-order valence-electron chi connectivity index (χ2n) is 7.72. The Morgan fingerprint density at radius 1 is 0.771 bits per heavy atom. The summed E-state index contributed by atoms with van der Waals surface area (Å²) in [6.45, 7) is 1.96. The number of nitrogens with zero attached hydrogens (tertiary/aromatic N) is 5. The third-order valence-corrected chi connectivity index (χ3v) is 5.39. The van der Waals surface area contributed by atoms with E-state index < -0.39 is 11.7 Å². The molecule has 0 spiro atoms. The molecule has 0 unspecified atom stereocenters. The summed E-state index contributed by atoms with van der Waals surface area (Å²) in [4.78, 5) is 20.9. The molecule has 5 rings (SSSR count). The summed E-state index contributed by atoms with van der Waals surface area (Å²) in [5.74, 6) is 1.01. The predicted molar refractivity (Wildman–Crippen MR) is 128 cm³/mol. The van der Waals surface area contributed by atoms with Crippen molar-refractivity contribution in [3.05, 3.63) is 90.9 Å². The van der Waals surface area contributed by atoms with Crippen LogP contribution in [0.4, 0.5) is 36.2 Å². The molecule has 0 saturated heterocycles. The van der Waals surface area contributed by atoms with Crippen LogP contribution >= 0.6 is 0 Å². The van der Waals surface area contributed by atoms with Gasteiger partial charge < -0.3 is 10.6 Å². The van der Waals surface area contributed by atoms with Crippen LogP contribution in [0.15, 0.2) is 79.8 Å². The van der Waals surface area contributed by atoms with Crippen LogP contribution in [-0.2, 0) is 6.18 Å². The van der Waals surface area contributed by atoms with Crippen molar-refractivity contribution in [2.75, 3.05) is 10.6 Å². The summed E-state index contributed by atoms with van der Waals surface area (Å²) in [7, 11) is 0. The fourth-order valence-corrected chi connectivity index (χ4v) is 3.71. The second kappa shape index (κ2) is 8.98. The molecule has 2 N–H and O–H groups in total. The summed E-state index contributed by atoms with van der Waals surface area (Å²) in [6, 6.07) is 12.2. The van der Waals surface area contributed by atoms with Crippen molar-refractivity contribution >= 4 is 33.8 Å². The van der Waals surface area contributed by atoms with E-state index in [2.05, 4.69) is 35.6 Å².